The first-order chi connectivity index (χ1) is 9.26. The van der Waals surface area contributed by atoms with Crippen LogP contribution in [0, 0.1) is 5.82 Å². The van der Waals surface area contributed by atoms with Gasteiger partial charge in [-0.05, 0) is 37.2 Å². The third kappa shape index (κ3) is 3.37. The number of nitrogens with one attached hydrogen (secondary N) is 1. The van der Waals surface area contributed by atoms with Crippen molar-refractivity contribution in [3.8, 4) is 0 Å². The maximum absolute atomic E-state index is 13.7. The Labute approximate surface area is 118 Å². The van der Waals surface area contributed by atoms with Crippen molar-refractivity contribution in [1.82, 2.24) is 5.32 Å². The van der Waals surface area contributed by atoms with Crippen molar-refractivity contribution in [2.75, 3.05) is 7.05 Å². The molecule has 0 radical (unpaired) electrons. The quantitative estimate of drug-likeness (QED) is 0.852. The zero-order chi connectivity index (χ0) is 13.7. The van der Waals surface area contributed by atoms with Gasteiger partial charge in [0.05, 0.1) is 0 Å². The molecule has 19 heavy (non-hydrogen) atoms. The summed E-state index contributed by atoms with van der Waals surface area (Å²) >= 11 is 1.48. The Kier molecular flexibility index (Phi) is 5.00. The number of hydrogen-bond donors (Lipinski definition) is 1. The monoisotopic (exact) mass is 275 g/mol. The minimum absolute atomic E-state index is 0.167. The Balaban J connectivity index is 2.33. The molecule has 0 heterocycles. The summed E-state index contributed by atoms with van der Waals surface area (Å²) in [5.41, 5.74) is 1.22. The number of benzene rings is 2. The van der Waals surface area contributed by atoms with Crippen LogP contribution < -0.4 is 5.32 Å². The molecule has 0 bridgehead atoms. The zero-order valence-corrected chi connectivity index (χ0v) is 12.0. The minimum Gasteiger partial charge on any atom is -0.313 e. The van der Waals surface area contributed by atoms with Crippen molar-refractivity contribution < 1.29 is 4.39 Å². The molecule has 1 unspecified atom stereocenters. The SMILES string of the molecule is CCC(NC)c1ccccc1Sc1ccccc1F. The van der Waals surface area contributed by atoms with E-state index in [-0.39, 0.29) is 5.82 Å². The molecule has 0 saturated heterocycles. The van der Waals surface area contributed by atoms with E-state index in [1.807, 2.05) is 37.4 Å². The van der Waals surface area contributed by atoms with Gasteiger partial charge in [0, 0.05) is 15.8 Å². The summed E-state index contributed by atoms with van der Waals surface area (Å²) in [6.07, 6.45) is 1.01. The summed E-state index contributed by atoms with van der Waals surface area (Å²) in [6.45, 7) is 2.14. The van der Waals surface area contributed by atoms with Crippen LogP contribution in [0.5, 0.6) is 0 Å². The van der Waals surface area contributed by atoms with E-state index in [0.717, 1.165) is 11.3 Å². The summed E-state index contributed by atoms with van der Waals surface area (Å²) in [6, 6.07) is 15.4. The molecule has 0 amide bonds. The highest BCUT2D eigenvalue weighted by molar-refractivity contribution is 7.99. The average molecular weight is 275 g/mol. The minimum atomic E-state index is -0.167. The molecule has 2 rings (SSSR count). The molecule has 1 N–H and O–H groups in total. The van der Waals surface area contributed by atoms with Crippen LogP contribution in [0.15, 0.2) is 58.3 Å². The lowest BCUT2D eigenvalue weighted by Gasteiger charge is -2.18. The van der Waals surface area contributed by atoms with Gasteiger partial charge in [0.25, 0.3) is 0 Å². The van der Waals surface area contributed by atoms with E-state index in [1.165, 1.54) is 23.4 Å². The molecule has 1 atom stereocenters. The first kappa shape index (κ1) is 14.1. The molecule has 0 aromatic heterocycles. The van der Waals surface area contributed by atoms with Crippen molar-refractivity contribution in [2.45, 2.75) is 29.2 Å². The normalized spacial score (nSPS) is 12.4. The van der Waals surface area contributed by atoms with Gasteiger partial charge in [-0.15, -0.1) is 0 Å². The first-order valence-corrected chi connectivity index (χ1v) is 7.26. The number of hydrogen-bond acceptors (Lipinski definition) is 2. The fourth-order valence-corrected chi connectivity index (χ4v) is 3.11. The molecule has 3 heteroatoms. The highest BCUT2D eigenvalue weighted by atomic mass is 32.2. The smallest absolute Gasteiger partial charge is 0.137 e. The van der Waals surface area contributed by atoms with Gasteiger partial charge in [-0.25, -0.2) is 4.39 Å². The van der Waals surface area contributed by atoms with Crippen LogP contribution in [0.2, 0.25) is 0 Å². The highest BCUT2D eigenvalue weighted by Crippen LogP contribution is 2.35. The molecule has 0 aliphatic heterocycles. The van der Waals surface area contributed by atoms with E-state index in [4.69, 9.17) is 0 Å². The summed E-state index contributed by atoms with van der Waals surface area (Å²) < 4.78 is 13.7. The predicted octanol–water partition coefficient (Wildman–Crippen LogP) is 4.65. The molecule has 2 aromatic carbocycles. The van der Waals surface area contributed by atoms with E-state index in [2.05, 4.69) is 18.3 Å². The van der Waals surface area contributed by atoms with Crippen LogP contribution in [0.1, 0.15) is 24.9 Å². The molecular weight excluding hydrogens is 257 g/mol. The zero-order valence-electron chi connectivity index (χ0n) is 11.2. The Morgan fingerprint density at radius 1 is 1.05 bits per heavy atom. The van der Waals surface area contributed by atoms with Crippen LogP contribution in [0.3, 0.4) is 0 Å². The Morgan fingerprint density at radius 3 is 2.32 bits per heavy atom. The van der Waals surface area contributed by atoms with Crippen molar-refractivity contribution in [1.29, 1.82) is 0 Å². The van der Waals surface area contributed by atoms with Gasteiger partial charge in [-0.1, -0.05) is 49.0 Å². The van der Waals surface area contributed by atoms with Crippen LogP contribution in [-0.2, 0) is 0 Å². The lowest BCUT2D eigenvalue weighted by atomic mass is 10.1. The second kappa shape index (κ2) is 6.73. The van der Waals surface area contributed by atoms with Gasteiger partial charge in [0.15, 0.2) is 0 Å². The summed E-state index contributed by atoms with van der Waals surface area (Å²) in [4.78, 5) is 1.77. The van der Waals surface area contributed by atoms with Crippen molar-refractivity contribution in [3.63, 3.8) is 0 Å². The van der Waals surface area contributed by atoms with E-state index < -0.39 is 0 Å². The third-order valence-electron chi connectivity index (χ3n) is 3.11. The van der Waals surface area contributed by atoms with Gasteiger partial charge in [0.1, 0.15) is 5.82 Å². The van der Waals surface area contributed by atoms with E-state index in [1.54, 1.807) is 6.07 Å². The van der Waals surface area contributed by atoms with E-state index in [0.29, 0.717) is 10.9 Å². The summed E-state index contributed by atoms with van der Waals surface area (Å²) in [7, 11) is 1.96. The summed E-state index contributed by atoms with van der Waals surface area (Å²) in [5.74, 6) is -0.167. The third-order valence-corrected chi connectivity index (χ3v) is 4.25. The van der Waals surface area contributed by atoms with E-state index in [9.17, 15) is 4.39 Å². The van der Waals surface area contributed by atoms with Gasteiger partial charge in [0.2, 0.25) is 0 Å². The average Bonchev–Trinajstić information content (AvgIpc) is 2.44. The van der Waals surface area contributed by atoms with Gasteiger partial charge in [-0.3, -0.25) is 0 Å². The standard InChI is InChI=1S/C16H18FNS/c1-3-14(18-2)12-8-4-6-10-15(12)19-16-11-7-5-9-13(16)17/h4-11,14,18H,3H2,1-2H3. The van der Waals surface area contributed by atoms with Gasteiger partial charge < -0.3 is 5.32 Å². The van der Waals surface area contributed by atoms with Crippen LogP contribution in [0.4, 0.5) is 4.39 Å². The van der Waals surface area contributed by atoms with Crippen LogP contribution >= 0.6 is 11.8 Å². The van der Waals surface area contributed by atoms with Crippen molar-refractivity contribution in [3.05, 3.63) is 59.9 Å². The Hall–Kier alpha value is -1.32. The topological polar surface area (TPSA) is 12.0 Å². The van der Waals surface area contributed by atoms with Crippen LogP contribution in [0.25, 0.3) is 0 Å². The fraction of sp³-hybridized carbons (Fsp3) is 0.250. The second-order valence-corrected chi connectivity index (χ2v) is 5.40. The molecule has 0 spiro atoms. The van der Waals surface area contributed by atoms with Gasteiger partial charge in [-0.2, -0.15) is 0 Å². The molecule has 0 saturated carbocycles. The van der Waals surface area contributed by atoms with Crippen molar-refractivity contribution >= 4 is 11.8 Å². The molecular formula is C16H18FNS. The van der Waals surface area contributed by atoms with Crippen LogP contribution in [-0.4, -0.2) is 7.05 Å². The van der Waals surface area contributed by atoms with Crippen molar-refractivity contribution in [2.24, 2.45) is 0 Å². The predicted molar refractivity (Wildman–Crippen MR) is 79.1 cm³/mol. The lowest BCUT2D eigenvalue weighted by molar-refractivity contribution is 0.568. The Bertz CT molecular complexity index is 538. The maximum atomic E-state index is 13.7. The van der Waals surface area contributed by atoms with E-state index >= 15 is 0 Å². The first-order valence-electron chi connectivity index (χ1n) is 6.44. The molecule has 0 aliphatic carbocycles. The molecule has 0 fully saturated rings. The second-order valence-electron chi connectivity index (χ2n) is 4.32. The molecule has 100 valence electrons. The maximum Gasteiger partial charge on any atom is 0.137 e. The number of rotatable bonds is 5. The lowest BCUT2D eigenvalue weighted by Crippen LogP contribution is -2.15. The van der Waals surface area contributed by atoms with Gasteiger partial charge >= 0.3 is 0 Å². The highest BCUT2D eigenvalue weighted by Gasteiger charge is 2.13. The Morgan fingerprint density at radius 2 is 1.68 bits per heavy atom. The largest absolute Gasteiger partial charge is 0.313 e. The molecule has 2 aromatic rings. The molecule has 0 aliphatic rings. The summed E-state index contributed by atoms with van der Waals surface area (Å²) in [5, 5.41) is 3.30. The molecule has 1 nitrogen and oxygen atoms in total. The fourth-order valence-electron chi connectivity index (χ4n) is 2.09. The number of halogens is 1.